The van der Waals surface area contributed by atoms with Crippen LogP contribution in [0.25, 0.3) is 11.1 Å². The normalized spacial score (nSPS) is 19.7. The highest BCUT2D eigenvalue weighted by molar-refractivity contribution is 5.95. The highest BCUT2D eigenvalue weighted by atomic mass is 16.6. The van der Waals surface area contributed by atoms with Gasteiger partial charge in [-0.2, -0.15) is 0 Å². The van der Waals surface area contributed by atoms with Gasteiger partial charge in [0.05, 0.1) is 13.2 Å². The summed E-state index contributed by atoms with van der Waals surface area (Å²) >= 11 is 0. The van der Waals surface area contributed by atoms with Crippen LogP contribution in [-0.2, 0) is 27.4 Å². The molecule has 2 heterocycles. The van der Waals surface area contributed by atoms with Crippen molar-refractivity contribution >= 4 is 11.8 Å². The number of carbonyl (C=O) groups excluding carboxylic acids is 2. The lowest BCUT2D eigenvalue weighted by atomic mass is 9.87. The molecule has 1 aliphatic carbocycles. The molecular weight excluding hydrogens is 651 g/mol. The average Bonchev–Trinajstić information content (AvgIpc) is 3.18. The van der Waals surface area contributed by atoms with Crippen molar-refractivity contribution in [1.29, 1.82) is 0 Å². The quantitative estimate of drug-likeness (QED) is 0.159. The third kappa shape index (κ3) is 10.5. The van der Waals surface area contributed by atoms with Gasteiger partial charge in [0.15, 0.2) is 5.79 Å². The standard InChI is InChI=1S/C44H55N3O5/c1-2-52-44(50)23-17-41(18-24-44)47(42(48)33-51-32-36-9-4-3-5-10-36)31-37-13-7-14-38(29-37)39-15-8-16-40(30-39)43(49)46-27-21-35(22-28-46)12-6-11-34-19-25-45-26-20-34/h3-5,7-10,13-18,23,29-30,34-35,45,50H,2,6,11-12,19-22,24-28,31-33H2,1H3. The van der Waals surface area contributed by atoms with Gasteiger partial charge < -0.3 is 29.7 Å². The Morgan fingerprint density at radius 1 is 0.885 bits per heavy atom. The van der Waals surface area contributed by atoms with Crippen molar-refractivity contribution in [3.8, 4) is 11.1 Å². The Balaban J connectivity index is 1.08. The van der Waals surface area contributed by atoms with E-state index in [1.54, 1.807) is 17.1 Å². The van der Waals surface area contributed by atoms with Crippen molar-refractivity contribution in [2.24, 2.45) is 11.8 Å². The minimum absolute atomic E-state index is 0.0880. The zero-order chi connectivity index (χ0) is 36.2. The Morgan fingerprint density at radius 3 is 2.29 bits per heavy atom. The number of amides is 2. The summed E-state index contributed by atoms with van der Waals surface area (Å²) in [5, 5.41) is 14.2. The Morgan fingerprint density at radius 2 is 1.58 bits per heavy atom. The second-order valence-corrected chi connectivity index (χ2v) is 14.5. The number of nitrogens with zero attached hydrogens (tertiary/aromatic N) is 2. The highest BCUT2D eigenvalue weighted by Gasteiger charge is 2.29. The number of aliphatic hydroxyl groups is 1. The molecule has 0 radical (unpaired) electrons. The summed E-state index contributed by atoms with van der Waals surface area (Å²) in [5.74, 6) is 0.134. The van der Waals surface area contributed by atoms with E-state index in [0.29, 0.717) is 31.0 Å². The van der Waals surface area contributed by atoms with E-state index in [0.717, 1.165) is 60.0 Å². The summed E-state index contributed by atoms with van der Waals surface area (Å²) in [6, 6.07) is 25.8. The molecule has 276 valence electrons. The molecule has 2 N–H and O–H groups in total. The molecule has 2 fully saturated rings. The Kier molecular flexibility index (Phi) is 13.5. The van der Waals surface area contributed by atoms with Gasteiger partial charge in [-0.1, -0.05) is 86.0 Å². The molecule has 1 unspecified atom stereocenters. The smallest absolute Gasteiger partial charge is 0.253 e. The van der Waals surface area contributed by atoms with Gasteiger partial charge in [-0.3, -0.25) is 9.59 Å². The Hall–Kier alpha value is -4.08. The first-order valence-corrected chi connectivity index (χ1v) is 19.3. The van der Waals surface area contributed by atoms with Crippen LogP contribution in [0.2, 0.25) is 0 Å². The molecule has 3 aromatic rings. The van der Waals surface area contributed by atoms with Crippen LogP contribution < -0.4 is 5.32 Å². The molecular formula is C44H55N3O5. The summed E-state index contributed by atoms with van der Waals surface area (Å²) in [7, 11) is 0. The zero-order valence-electron chi connectivity index (χ0n) is 30.7. The van der Waals surface area contributed by atoms with Crippen LogP contribution in [0.15, 0.2) is 103 Å². The first-order valence-electron chi connectivity index (χ1n) is 19.3. The molecule has 3 aromatic carbocycles. The molecule has 3 aliphatic rings. The van der Waals surface area contributed by atoms with Crippen LogP contribution in [0.3, 0.4) is 0 Å². The Bertz CT molecular complexity index is 1680. The fourth-order valence-corrected chi connectivity index (χ4v) is 7.73. The fourth-order valence-electron chi connectivity index (χ4n) is 7.73. The van der Waals surface area contributed by atoms with Gasteiger partial charge in [0, 0.05) is 37.4 Å². The molecule has 2 amide bonds. The molecule has 6 rings (SSSR count). The lowest BCUT2D eigenvalue weighted by molar-refractivity contribution is -0.161. The molecule has 0 aromatic heterocycles. The van der Waals surface area contributed by atoms with E-state index in [1.165, 1.54) is 45.2 Å². The molecule has 8 heteroatoms. The van der Waals surface area contributed by atoms with Gasteiger partial charge in [0.2, 0.25) is 0 Å². The third-order valence-corrected chi connectivity index (χ3v) is 10.8. The second-order valence-electron chi connectivity index (χ2n) is 14.5. The van der Waals surface area contributed by atoms with E-state index in [1.807, 2.05) is 90.7 Å². The summed E-state index contributed by atoms with van der Waals surface area (Å²) in [6.07, 6.45) is 14.2. The number of nitrogens with one attached hydrogen (secondary N) is 1. The lowest BCUT2D eigenvalue weighted by Crippen LogP contribution is -2.38. The topological polar surface area (TPSA) is 91.3 Å². The number of benzene rings is 3. The molecule has 0 spiro atoms. The van der Waals surface area contributed by atoms with E-state index in [9.17, 15) is 14.7 Å². The zero-order valence-corrected chi connectivity index (χ0v) is 30.7. The molecule has 2 aliphatic heterocycles. The lowest BCUT2D eigenvalue weighted by Gasteiger charge is -2.32. The van der Waals surface area contributed by atoms with Gasteiger partial charge in [0.25, 0.3) is 11.8 Å². The number of carbonyl (C=O) groups is 2. The van der Waals surface area contributed by atoms with E-state index < -0.39 is 5.79 Å². The van der Waals surface area contributed by atoms with Crippen molar-refractivity contribution in [3.05, 3.63) is 119 Å². The maximum atomic E-state index is 13.7. The molecule has 52 heavy (non-hydrogen) atoms. The number of likely N-dealkylation sites (tertiary alicyclic amines) is 1. The minimum atomic E-state index is -1.39. The van der Waals surface area contributed by atoms with Crippen molar-refractivity contribution in [2.75, 3.05) is 39.4 Å². The van der Waals surface area contributed by atoms with Gasteiger partial charge in [-0.15, -0.1) is 0 Å². The van der Waals surface area contributed by atoms with Crippen molar-refractivity contribution in [3.63, 3.8) is 0 Å². The SMILES string of the molecule is CCOC1(O)C=CC(N(Cc2cccc(-c3cccc(C(=O)N4CCC(CCCC5CCNCC5)CC4)c3)c2)C(=O)COCc2ccccc2)=CC1. The van der Waals surface area contributed by atoms with Crippen molar-refractivity contribution < 1.29 is 24.2 Å². The van der Waals surface area contributed by atoms with Gasteiger partial charge in [-0.05, 0) is 110 Å². The van der Waals surface area contributed by atoms with Crippen molar-refractivity contribution in [2.45, 2.75) is 77.2 Å². The highest BCUT2D eigenvalue weighted by Crippen LogP contribution is 2.29. The third-order valence-electron chi connectivity index (χ3n) is 10.8. The van der Waals surface area contributed by atoms with Crippen LogP contribution in [0.5, 0.6) is 0 Å². The molecule has 0 bridgehead atoms. The van der Waals surface area contributed by atoms with Crippen LogP contribution in [0.1, 0.15) is 79.8 Å². The molecule has 8 nitrogen and oxygen atoms in total. The number of rotatable bonds is 15. The van der Waals surface area contributed by atoms with E-state index in [4.69, 9.17) is 9.47 Å². The first-order chi connectivity index (χ1) is 25.4. The number of piperidine rings is 2. The van der Waals surface area contributed by atoms with Gasteiger partial charge >= 0.3 is 0 Å². The summed E-state index contributed by atoms with van der Waals surface area (Å²) in [5.41, 5.74) is 5.26. The van der Waals surface area contributed by atoms with E-state index >= 15 is 0 Å². The van der Waals surface area contributed by atoms with Crippen LogP contribution in [-0.4, -0.2) is 71.9 Å². The fraction of sp³-hybridized carbons (Fsp3) is 0.455. The number of allylic oxidation sites excluding steroid dienone is 1. The van der Waals surface area contributed by atoms with E-state index in [-0.39, 0.29) is 24.8 Å². The predicted molar refractivity (Wildman–Crippen MR) is 205 cm³/mol. The first kappa shape index (κ1) is 37.7. The van der Waals surface area contributed by atoms with Crippen molar-refractivity contribution in [1.82, 2.24) is 15.1 Å². The van der Waals surface area contributed by atoms with Crippen LogP contribution in [0, 0.1) is 11.8 Å². The van der Waals surface area contributed by atoms with E-state index in [2.05, 4.69) is 11.4 Å². The second kappa shape index (κ2) is 18.6. The largest absolute Gasteiger partial charge is 0.367 e. The number of hydrogen-bond acceptors (Lipinski definition) is 6. The maximum Gasteiger partial charge on any atom is 0.253 e. The van der Waals surface area contributed by atoms with Gasteiger partial charge in [0.1, 0.15) is 6.61 Å². The maximum absolute atomic E-state index is 13.7. The van der Waals surface area contributed by atoms with Crippen LogP contribution in [0.4, 0.5) is 0 Å². The molecule has 1 atom stereocenters. The predicted octanol–water partition coefficient (Wildman–Crippen LogP) is 7.49. The number of ether oxygens (including phenoxy) is 2. The summed E-state index contributed by atoms with van der Waals surface area (Å²) < 4.78 is 11.4. The monoisotopic (exact) mass is 705 g/mol. The summed E-state index contributed by atoms with van der Waals surface area (Å²) in [6.45, 7) is 6.75. The van der Waals surface area contributed by atoms with Gasteiger partial charge in [-0.25, -0.2) is 0 Å². The minimum Gasteiger partial charge on any atom is -0.367 e. The molecule has 0 saturated carbocycles. The molecule has 2 saturated heterocycles. The number of hydrogen-bond donors (Lipinski definition) is 2. The Labute approximate surface area is 309 Å². The summed E-state index contributed by atoms with van der Waals surface area (Å²) in [4.78, 5) is 31.1. The average molecular weight is 706 g/mol. The van der Waals surface area contributed by atoms with Crippen LogP contribution >= 0.6 is 0 Å².